The first-order valence-electron chi connectivity index (χ1n) is 2.89. The van der Waals surface area contributed by atoms with Gasteiger partial charge in [0.25, 0.3) is 0 Å². The minimum absolute atomic E-state index is 0.449. The number of carboxylic acids is 1. The molecule has 1 atom stereocenters. The molecule has 0 saturated carbocycles. The molecule has 1 heterocycles. The van der Waals surface area contributed by atoms with E-state index in [-0.39, 0.29) is 0 Å². The van der Waals surface area contributed by atoms with E-state index in [1.165, 1.54) is 18.4 Å². The van der Waals surface area contributed by atoms with Crippen LogP contribution in [0.1, 0.15) is 11.8 Å². The first-order valence-corrected chi connectivity index (χ1v) is 3.83. The molecule has 0 aliphatic carbocycles. The van der Waals surface area contributed by atoms with Crippen molar-refractivity contribution in [3.05, 3.63) is 16.6 Å². The molecule has 0 aliphatic heterocycles. The van der Waals surface area contributed by atoms with Crippen molar-refractivity contribution in [2.45, 2.75) is 6.10 Å². The molecule has 0 saturated heterocycles. The van der Waals surface area contributed by atoms with Crippen LogP contribution in [-0.2, 0) is 9.53 Å². The van der Waals surface area contributed by atoms with E-state index in [0.717, 1.165) is 0 Å². The molecule has 1 rings (SSSR count). The first kappa shape index (κ1) is 8.16. The lowest BCUT2D eigenvalue weighted by Crippen LogP contribution is -2.13. The van der Waals surface area contributed by atoms with Crippen LogP contribution in [-0.4, -0.2) is 23.2 Å². The third-order valence-corrected chi connectivity index (χ3v) is 1.78. The van der Waals surface area contributed by atoms with Crippen LogP contribution in [0.15, 0.2) is 10.9 Å². The van der Waals surface area contributed by atoms with E-state index in [2.05, 4.69) is 4.98 Å². The van der Waals surface area contributed by atoms with Gasteiger partial charge in [-0.25, -0.2) is 9.78 Å². The Balaban J connectivity index is 2.79. The number of aliphatic carboxylic acids is 1. The second kappa shape index (κ2) is 3.45. The molecule has 60 valence electrons. The summed E-state index contributed by atoms with van der Waals surface area (Å²) in [5.74, 6) is -1.02. The molecule has 11 heavy (non-hydrogen) atoms. The summed E-state index contributed by atoms with van der Waals surface area (Å²) < 4.78 is 4.70. The number of hydrogen-bond donors (Lipinski definition) is 1. The highest BCUT2D eigenvalue weighted by Crippen LogP contribution is 2.15. The second-order valence-electron chi connectivity index (χ2n) is 1.87. The zero-order valence-electron chi connectivity index (χ0n) is 5.85. The Morgan fingerprint density at radius 2 is 2.64 bits per heavy atom. The number of nitrogens with zero attached hydrogens (tertiary/aromatic N) is 1. The summed E-state index contributed by atoms with van der Waals surface area (Å²) in [5, 5.41) is 10.2. The van der Waals surface area contributed by atoms with Gasteiger partial charge in [0.1, 0.15) is 0 Å². The first-order chi connectivity index (χ1) is 5.25. The standard InChI is InChI=1S/C6H7NO3S/c1-10-5(6(8)9)4-2-11-3-7-4/h2-3,5H,1H3,(H,8,9)/t5-/m1/s1. The largest absolute Gasteiger partial charge is 0.479 e. The Bertz CT molecular complexity index is 234. The Morgan fingerprint density at radius 3 is 3.00 bits per heavy atom. The average Bonchev–Trinajstić information content (AvgIpc) is 2.40. The molecule has 5 heteroatoms. The molecular formula is C6H7NO3S. The van der Waals surface area contributed by atoms with E-state index < -0.39 is 12.1 Å². The third-order valence-electron chi connectivity index (χ3n) is 1.18. The summed E-state index contributed by atoms with van der Waals surface area (Å²) in [6.45, 7) is 0. The molecule has 0 aliphatic rings. The van der Waals surface area contributed by atoms with Crippen molar-refractivity contribution in [1.82, 2.24) is 4.98 Å². The van der Waals surface area contributed by atoms with Gasteiger partial charge in [-0.15, -0.1) is 11.3 Å². The molecule has 0 spiro atoms. The van der Waals surface area contributed by atoms with E-state index in [1.807, 2.05) is 0 Å². The van der Waals surface area contributed by atoms with Gasteiger partial charge >= 0.3 is 5.97 Å². The lowest BCUT2D eigenvalue weighted by atomic mass is 10.3. The van der Waals surface area contributed by atoms with Gasteiger partial charge in [-0.05, 0) is 0 Å². The van der Waals surface area contributed by atoms with E-state index in [4.69, 9.17) is 9.84 Å². The maximum atomic E-state index is 10.5. The molecule has 0 unspecified atom stereocenters. The van der Waals surface area contributed by atoms with E-state index in [9.17, 15) is 4.79 Å². The fraction of sp³-hybridized carbons (Fsp3) is 0.333. The molecule has 0 bridgehead atoms. The summed E-state index contributed by atoms with van der Waals surface area (Å²) in [4.78, 5) is 14.3. The number of rotatable bonds is 3. The molecular weight excluding hydrogens is 166 g/mol. The fourth-order valence-corrected chi connectivity index (χ4v) is 1.27. The predicted octanol–water partition coefficient (Wildman–Crippen LogP) is 0.915. The molecule has 4 nitrogen and oxygen atoms in total. The average molecular weight is 173 g/mol. The van der Waals surface area contributed by atoms with Crippen molar-refractivity contribution >= 4 is 17.3 Å². The number of carboxylic acid groups (broad SMARTS) is 1. The van der Waals surface area contributed by atoms with Gasteiger partial charge in [0.15, 0.2) is 6.10 Å². The van der Waals surface area contributed by atoms with Crippen molar-refractivity contribution in [2.75, 3.05) is 7.11 Å². The van der Waals surface area contributed by atoms with Crippen LogP contribution in [0.25, 0.3) is 0 Å². The van der Waals surface area contributed by atoms with E-state index in [1.54, 1.807) is 10.9 Å². The van der Waals surface area contributed by atoms with Crippen LogP contribution in [0.2, 0.25) is 0 Å². The van der Waals surface area contributed by atoms with Gasteiger partial charge in [0, 0.05) is 12.5 Å². The summed E-state index contributed by atoms with van der Waals surface area (Å²) in [5.41, 5.74) is 2.02. The van der Waals surface area contributed by atoms with Crippen molar-refractivity contribution < 1.29 is 14.6 Å². The van der Waals surface area contributed by atoms with Crippen LogP contribution in [0.3, 0.4) is 0 Å². The topological polar surface area (TPSA) is 59.4 Å². The maximum Gasteiger partial charge on any atom is 0.339 e. The number of carbonyl (C=O) groups is 1. The third kappa shape index (κ3) is 1.75. The SMILES string of the molecule is CO[C@@H](C(=O)O)c1cscn1. The Kier molecular flexibility index (Phi) is 2.56. The smallest absolute Gasteiger partial charge is 0.339 e. The Labute approximate surface area is 67.5 Å². The number of ether oxygens (including phenoxy) is 1. The monoisotopic (exact) mass is 173 g/mol. The fourth-order valence-electron chi connectivity index (χ4n) is 0.699. The quantitative estimate of drug-likeness (QED) is 0.738. The van der Waals surface area contributed by atoms with Crippen molar-refractivity contribution in [1.29, 1.82) is 0 Å². The normalized spacial score (nSPS) is 12.8. The second-order valence-corrected chi connectivity index (χ2v) is 2.59. The van der Waals surface area contributed by atoms with Crippen LogP contribution in [0, 0.1) is 0 Å². The van der Waals surface area contributed by atoms with Crippen molar-refractivity contribution in [2.24, 2.45) is 0 Å². The predicted molar refractivity (Wildman–Crippen MR) is 39.5 cm³/mol. The molecule has 1 N–H and O–H groups in total. The maximum absolute atomic E-state index is 10.5. The molecule has 0 aromatic carbocycles. The van der Waals surface area contributed by atoms with Crippen LogP contribution in [0.4, 0.5) is 0 Å². The van der Waals surface area contributed by atoms with Gasteiger partial charge in [-0.2, -0.15) is 0 Å². The van der Waals surface area contributed by atoms with E-state index in [0.29, 0.717) is 5.69 Å². The summed E-state index contributed by atoms with van der Waals surface area (Å²) in [6.07, 6.45) is -0.929. The molecule has 0 fully saturated rings. The summed E-state index contributed by atoms with van der Waals surface area (Å²) >= 11 is 1.35. The number of aromatic nitrogens is 1. The van der Waals surface area contributed by atoms with Crippen LogP contribution in [0.5, 0.6) is 0 Å². The molecule has 1 aromatic rings. The number of methoxy groups -OCH3 is 1. The highest BCUT2D eigenvalue weighted by Gasteiger charge is 2.20. The van der Waals surface area contributed by atoms with Crippen molar-refractivity contribution in [3.63, 3.8) is 0 Å². The zero-order chi connectivity index (χ0) is 8.27. The number of thiazole rings is 1. The van der Waals surface area contributed by atoms with Gasteiger partial charge in [-0.1, -0.05) is 0 Å². The van der Waals surface area contributed by atoms with Gasteiger partial charge in [0.05, 0.1) is 11.2 Å². The minimum atomic E-state index is -1.02. The number of hydrogen-bond acceptors (Lipinski definition) is 4. The highest BCUT2D eigenvalue weighted by molar-refractivity contribution is 7.07. The zero-order valence-corrected chi connectivity index (χ0v) is 6.67. The Morgan fingerprint density at radius 1 is 1.91 bits per heavy atom. The lowest BCUT2D eigenvalue weighted by molar-refractivity contribution is -0.149. The Hall–Kier alpha value is -0.940. The lowest BCUT2D eigenvalue weighted by Gasteiger charge is -2.05. The van der Waals surface area contributed by atoms with Crippen LogP contribution < -0.4 is 0 Å². The summed E-state index contributed by atoms with van der Waals surface area (Å²) in [6, 6.07) is 0. The van der Waals surface area contributed by atoms with Gasteiger partial charge in [-0.3, -0.25) is 0 Å². The van der Waals surface area contributed by atoms with Gasteiger partial charge in [0.2, 0.25) is 0 Å². The molecule has 0 amide bonds. The molecule has 0 radical (unpaired) electrons. The highest BCUT2D eigenvalue weighted by atomic mass is 32.1. The summed E-state index contributed by atoms with van der Waals surface area (Å²) in [7, 11) is 1.35. The van der Waals surface area contributed by atoms with Gasteiger partial charge < -0.3 is 9.84 Å². The molecule has 1 aromatic heterocycles. The van der Waals surface area contributed by atoms with E-state index >= 15 is 0 Å². The van der Waals surface area contributed by atoms with Crippen LogP contribution >= 0.6 is 11.3 Å². The van der Waals surface area contributed by atoms with Crippen molar-refractivity contribution in [3.8, 4) is 0 Å². The minimum Gasteiger partial charge on any atom is -0.479 e.